The Labute approximate surface area is 195 Å². The Bertz CT molecular complexity index is 1190. The van der Waals surface area contributed by atoms with E-state index in [4.69, 9.17) is 9.57 Å². The monoisotopic (exact) mass is 456 g/mol. The molecule has 2 heterocycles. The van der Waals surface area contributed by atoms with Crippen molar-refractivity contribution in [3.05, 3.63) is 107 Å². The molecule has 0 bridgehead atoms. The molecule has 2 atom stereocenters. The Morgan fingerprint density at radius 1 is 0.824 bits per heavy atom. The predicted octanol–water partition coefficient (Wildman–Crippen LogP) is 2.80. The third-order valence-electron chi connectivity index (χ3n) is 5.85. The average Bonchev–Trinajstić information content (AvgIpc) is 3.41. The number of hydrogen-bond donors (Lipinski definition) is 1. The first-order valence-electron chi connectivity index (χ1n) is 10.8. The number of esters is 1. The number of hydroxylamine groups is 1. The fraction of sp³-hybridized carbons (Fsp3) is 0.154. The van der Waals surface area contributed by atoms with Gasteiger partial charge in [-0.1, -0.05) is 72.8 Å². The van der Waals surface area contributed by atoms with E-state index in [1.54, 1.807) is 12.1 Å². The Hall–Kier alpha value is -4.30. The van der Waals surface area contributed by atoms with Crippen molar-refractivity contribution >= 4 is 23.7 Å². The van der Waals surface area contributed by atoms with E-state index in [1.807, 2.05) is 60.7 Å². The zero-order chi connectivity index (χ0) is 23.7. The minimum Gasteiger partial charge on any atom is -0.451 e. The molecule has 2 aliphatic heterocycles. The molecule has 1 fully saturated rings. The first-order chi connectivity index (χ1) is 16.5. The maximum absolute atomic E-state index is 13.6. The summed E-state index contributed by atoms with van der Waals surface area (Å²) in [7, 11) is 0. The van der Waals surface area contributed by atoms with E-state index in [1.165, 1.54) is 12.1 Å². The Balaban J connectivity index is 1.52. The van der Waals surface area contributed by atoms with Gasteiger partial charge in [0.15, 0.2) is 12.1 Å². The summed E-state index contributed by atoms with van der Waals surface area (Å²) in [6, 6.07) is 23.1. The van der Waals surface area contributed by atoms with Crippen LogP contribution in [-0.2, 0) is 19.2 Å². The van der Waals surface area contributed by atoms with Gasteiger partial charge in [0.25, 0.3) is 11.8 Å². The Morgan fingerprint density at radius 3 is 1.79 bits per heavy atom. The van der Waals surface area contributed by atoms with Crippen molar-refractivity contribution in [1.82, 2.24) is 10.4 Å². The van der Waals surface area contributed by atoms with Crippen LogP contribution in [0.4, 0.5) is 0 Å². The summed E-state index contributed by atoms with van der Waals surface area (Å²) >= 11 is 0. The summed E-state index contributed by atoms with van der Waals surface area (Å²) in [5.41, 5.74) is 4.00. The van der Waals surface area contributed by atoms with Crippen LogP contribution in [0.2, 0.25) is 0 Å². The van der Waals surface area contributed by atoms with Gasteiger partial charge in [-0.05, 0) is 23.3 Å². The number of imide groups is 1. The van der Waals surface area contributed by atoms with Gasteiger partial charge in [0.05, 0.1) is 17.5 Å². The van der Waals surface area contributed by atoms with Gasteiger partial charge < -0.3 is 4.74 Å². The number of nitrogens with zero attached hydrogens (tertiary/aromatic N) is 1. The van der Waals surface area contributed by atoms with Crippen LogP contribution in [-0.4, -0.2) is 40.7 Å². The normalized spacial score (nSPS) is 18.1. The van der Waals surface area contributed by atoms with Crippen molar-refractivity contribution in [2.45, 2.75) is 24.7 Å². The van der Waals surface area contributed by atoms with E-state index in [0.29, 0.717) is 11.1 Å². The van der Waals surface area contributed by atoms with Gasteiger partial charge in [0.2, 0.25) is 5.91 Å². The predicted molar refractivity (Wildman–Crippen MR) is 119 cm³/mol. The molecular formula is C26H20N2O6. The topological polar surface area (TPSA) is 102 Å². The molecule has 8 nitrogen and oxygen atoms in total. The second kappa shape index (κ2) is 8.92. The maximum atomic E-state index is 13.6. The van der Waals surface area contributed by atoms with E-state index in [0.717, 1.165) is 4.90 Å². The Morgan fingerprint density at radius 2 is 1.32 bits per heavy atom. The molecule has 2 unspecified atom stereocenters. The van der Waals surface area contributed by atoms with Crippen molar-refractivity contribution in [3.63, 3.8) is 0 Å². The molecule has 3 aromatic rings. The summed E-state index contributed by atoms with van der Waals surface area (Å²) in [4.78, 5) is 57.9. The van der Waals surface area contributed by atoms with Crippen molar-refractivity contribution < 1.29 is 28.8 Å². The lowest BCUT2D eigenvalue weighted by Gasteiger charge is -2.29. The van der Waals surface area contributed by atoms with E-state index < -0.39 is 41.9 Å². The summed E-state index contributed by atoms with van der Waals surface area (Å²) in [6.07, 6.45) is -2.08. The minimum absolute atomic E-state index is 0.185. The molecule has 2 aliphatic rings. The molecule has 3 aromatic carbocycles. The van der Waals surface area contributed by atoms with Crippen molar-refractivity contribution in [3.8, 4) is 0 Å². The van der Waals surface area contributed by atoms with Gasteiger partial charge in [-0.25, -0.2) is 10.3 Å². The van der Waals surface area contributed by atoms with Crippen molar-refractivity contribution in [1.29, 1.82) is 0 Å². The quantitative estimate of drug-likeness (QED) is 0.452. The highest BCUT2D eigenvalue weighted by atomic mass is 16.7. The molecule has 170 valence electrons. The van der Waals surface area contributed by atoms with Gasteiger partial charge in [0.1, 0.15) is 6.10 Å². The smallest absolute Gasteiger partial charge is 0.333 e. The molecule has 1 N–H and O–H groups in total. The lowest BCUT2D eigenvalue weighted by Crippen LogP contribution is -2.52. The van der Waals surface area contributed by atoms with Gasteiger partial charge in [-0.15, -0.1) is 0 Å². The van der Waals surface area contributed by atoms with Crippen LogP contribution in [0.1, 0.15) is 44.4 Å². The van der Waals surface area contributed by atoms with E-state index in [-0.39, 0.29) is 17.5 Å². The zero-order valence-electron chi connectivity index (χ0n) is 17.9. The molecule has 0 aromatic heterocycles. The number of carbonyl (C=O) groups is 4. The number of hydrogen-bond acceptors (Lipinski definition) is 6. The highest BCUT2D eigenvalue weighted by molar-refractivity contribution is 6.22. The van der Waals surface area contributed by atoms with Crippen LogP contribution >= 0.6 is 0 Å². The summed E-state index contributed by atoms with van der Waals surface area (Å²) in [6.45, 7) is 0. The lowest BCUT2D eigenvalue weighted by atomic mass is 10.0. The molecule has 3 amide bonds. The first-order valence-corrected chi connectivity index (χ1v) is 10.8. The number of nitrogens with one attached hydrogen (secondary N) is 1. The van der Waals surface area contributed by atoms with Crippen LogP contribution in [0.25, 0.3) is 0 Å². The largest absolute Gasteiger partial charge is 0.451 e. The molecule has 0 aliphatic carbocycles. The summed E-state index contributed by atoms with van der Waals surface area (Å²) < 4.78 is 5.94. The molecular weight excluding hydrogens is 436 g/mol. The van der Waals surface area contributed by atoms with Gasteiger partial charge >= 0.3 is 5.97 Å². The molecule has 0 spiro atoms. The molecule has 5 rings (SSSR count). The molecule has 1 saturated heterocycles. The maximum Gasteiger partial charge on any atom is 0.333 e. The van der Waals surface area contributed by atoms with Crippen LogP contribution in [0.3, 0.4) is 0 Å². The van der Waals surface area contributed by atoms with Crippen LogP contribution in [0.5, 0.6) is 0 Å². The lowest BCUT2D eigenvalue weighted by molar-refractivity contribution is -0.158. The molecule has 34 heavy (non-hydrogen) atoms. The number of rotatable bonds is 6. The Kier molecular flexibility index (Phi) is 5.65. The zero-order valence-corrected chi connectivity index (χ0v) is 17.9. The summed E-state index contributed by atoms with van der Waals surface area (Å²) in [5, 5.41) is 0. The average molecular weight is 456 g/mol. The SMILES string of the molecule is O=C1CC(C(C(=O)OC(c2ccccc2)c2ccccc2)N2C(=O)c3ccccc3C2=O)ON1. The third kappa shape index (κ3) is 3.84. The van der Waals surface area contributed by atoms with Crippen molar-refractivity contribution in [2.75, 3.05) is 0 Å². The van der Waals surface area contributed by atoms with Crippen LogP contribution in [0.15, 0.2) is 84.9 Å². The number of ether oxygens (including phenoxy) is 1. The van der Waals surface area contributed by atoms with E-state index in [9.17, 15) is 19.2 Å². The molecule has 8 heteroatoms. The second-order valence-corrected chi connectivity index (χ2v) is 7.99. The van der Waals surface area contributed by atoms with E-state index in [2.05, 4.69) is 5.48 Å². The molecule has 0 radical (unpaired) electrons. The standard InChI is InChI=1S/C26H20N2O6/c29-21-15-20(34-27-21)22(28-24(30)18-13-7-8-14-19(18)25(28)31)26(32)33-23(16-9-3-1-4-10-16)17-11-5-2-6-12-17/h1-14,20,22-23H,15H2,(H,27,29). The highest BCUT2D eigenvalue weighted by Gasteiger charge is 2.50. The first kappa shape index (κ1) is 21.5. The van der Waals surface area contributed by atoms with Crippen LogP contribution in [0, 0.1) is 0 Å². The fourth-order valence-electron chi connectivity index (χ4n) is 4.24. The molecule has 0 saturated carbocycles. The number of amides is 3. The van der Waals surface area contributed by atoms with Crippen molar-refractivity contribution in [2.24, 2.45) is 0 Å². The number of fused-ring (bicyclic) bond motifs is 1. The summed E-state index contributed by atoms with van der Waals surface area (Å²) in [5.74, 6) is -2.58. The van der Waals surface area contributed by atoms with Gasteiger partial charge in [-0.3, -0.25) is 24.1 Å². The highest BCUT2D eigenvalue weighted by Crippen LogP contribution is 2.32. The fourth-order valence-corrected chi connectivity index (χ4v) is 4.24. The van der Waals surface area contributed by atoms with Gasteiger partial charge in [0, 0.05) is 0 Å². The van der Waals surface area contributed by atoms with Gasteiger partial charge in [-0.2, -0.15) is 0 Å². The minimum atomic E-state index is -1.46. The number of benzene rings is 3. The number of carbonyl (C=O) groups excluding carboxylic acids is 4. The third-order valence-corrected chi connectivity index (χ3v) is 5.85. The van der Waals surface area contributed by atoms with Crippen LogP contribution < -0.4 is 5.48 Å². The van der Waals surface area contributed by atoms with E-state index >= 15 is 0 Å². The second-order valence-electron chi connectivity index (χ2n) is 7.99.